The Morgan fingerprint density at radius 2 is 2.41 bits per heavy atom. The molecule has 1 aromatic heterocycles. The van der Waals surface area contributed by atoms with Crippen LogP contribution in [0.4, 0.5) is 0 Å². The van der Waals surface area contributed by atoms with Crippen LogP contribution in [0.15, 0.2) is 0 Å². The average molecular weight is 239 g/mol. The maximum Gasteiger partial charge on any atom is 0.182 e. The first-order valence-electron chi connectivity index (χ1n) is 5.77. The van der Waals surface area contributed by atoms with Gasteiger partial charge in [-0.1, -0.05) is 6.92 Å². The Morgan fingerprint density at radius 3 is 3.06 bits per heavy atom. The van der Waals surface area contributed by atoms with E-state index in [2.05, 4.69) is 20.7 Å². The number of rotatable bonds is 5. The number of aromatic nitrogens is 4. The molecular weight excluding hydrogens is 222 g/mol. The Hall–Kier alpha value is -1.34. The Balaban J connectivity index is 1.95. The fourth-order valence-electron chi connectivity index (χ4n) is 2.02. The van der Waals surface area contributed by atoms with Crippen LogP contribution in [0.25, 0.3) is 0 Å². The molecule has 0 aliphatic carbocycles. The monoisotopic (exact) mass is 239 g/mol. The molecular formula is C10H17N5O2. The molecule has 94 valence electrons. The van der Waals surface area contributed by atoms with E-state index in [1.54, 1.807) is 7.05 Å². The summed E-state index contributed by atoms with van der Waals surface area (Å²) in [6.07, 6.45) is 0.226. The highest BCUT2D eigenvalue weighted by Crippen LogP contribution is 2.16. The van der Waals surface area contributed by atoms with Crippen LogP contribution in [0.5, 0.6) is 0 Å². The lowest BCUT2D eigenvalue weighted by atomic mass is 9.96. The number of hydrogen-bond donors (Lipinski definition) is 1. The third kappa shape index (κ3) is 2.86. The fourth-order valence-corrected chi connectivity index (χ4v) is 2.02. The van der Waals surface area contributed by atoms with E-state index in [4.69, 9.17) is 4.74 Å². The number of nitrogens with one attached hydrogen (secondary N) is 1. The van der Waals surface area contributed by atoms with Crippen LogP contribution >= 0.6 is 0 Å². The van der Waals surface area contributed by atoms with Gasteiger partial charge in [-0.05, 0) is 11.8 Å². The average Bonchev–Trinajstić information content (AvgIpc) is 2.88. The van der Waals surface area contributed by atoms with E-state index in [9.17, 15) is 4.79 Å². The van der Waals surface area contributed by atoms with Crippen LogP contribution < -0.4 is 5.32 Å². The summed E-state index contributed by atoms with van der Waals surface area (Å²) in [6.45, 7) is 3.93. The largest absolute Gasteiger partial charge is 0.379 e. The molecule has 2 rings (SSSR count). The number of hydrogen-bond acceptors (Lipinski definition) is 6. The Morgan fingerprint density at radius 1 is 1.59 bits per heavy atom. The van der Waals surface area contributed by atoms with Crippen molar-refractivity contribution >= 4 is 5.78 Å². The fraction of sp³-hybridized carbons (Fsp3) is 0.800. The molecule has 7 nitrogen and oxygen atoms in total. The number of carbonyl (C=O) groups excluding carboxylic acids is 1. The Labute approximate surface area is 99.5 Å². The molecule has 1 saturated heterocycles. The minimum atomic E-state index is -0.0984. The molecule has 0 aromatic carbocycles. The molecule has 7 heteroatoms. The number of carbonyl (C=O) groups is 1. The van der Waals surface area contributed by atoms with E-state index in [-0.39, 0.29) is 24.2 Å². The molecule has 0 radical (unpaired) electrons. The molecule has 0 bridgehead atoms. The number of Topliss-reactive ketones (excluding diaryl/α,β-unsaturated/α-hetero) is 1. The summed E-state index contributed by atoms with van der Waals surface area (Å²) in [7, 11) is 1.68. The predicted octanol–water partition coefficient (Wildman–Crippen LogP) is -1.05. The third-order valence-corrected chi connectivity index (χ3v) is 2.84. The molecule has 2 heterocycles. The second-order valence-electron chi connectivity index (χ2n) is 4.15. The quantitative estimate of drug-likeness (QED) is 0.706. The second kappa shape index (κ2) is 5.33. The first-order valence-corrected chi connectivity index (χ1v) is 5.77. The van der Waals surface area contributed by atoms with Crippen molar-refractivity contribution in [2.75, 3.05) is 19.8 Å². The Bertz CT molecular complexity index is 392. The first-order chi connectivity index (χ1) is 8.20. The zero-order chi connectivity index (χ0) is 12.3. The number of nitrogens with zero attached hydrogens (tertiary/aromatic N) is 4. The first kappa shape index (κ1) is 12.1. The second-order valence-corrected chi connectivity index (χ2v) is 4.15. The van der Waals surface area contributed by atoms with Crippen LogP contribution in [-0.4, -0.2) is 51.8 Å². The van der Waals surface area contributed by atoms with E-state index in [1.807, 2.05) is 6.92 Å². The lowest BCUT2D eigenvalue weighted by Gasteiger charge is -2.16. The molecule has 1 aliphatic heterocycles. The normalized spacial score (nSPS) is 24.1. The maximum atomic E-state index is 12.1. The van der Waals surface area contributed by atoms with Gasteiger partial charge in [0.25, 0.3) is 0 Å². The van der Waals surface area contributed by atoms with Crippen LogP contribution in [0.3, 0.4) is 0 Å². The van der Waals surface area contributed by atoms with Crippen molar-refractivity contribution in [2.24, 2.45) is 13.0 Å². The van der Waals surface area contributed by atoms with Gasteiger partial charge in [0.1, 0.15) is 5.78 Å². The van der Waals surface area contributed by atoms with Gasteiger partial charge in [-0.3, -0.25) is 4.79 Å². The zero-order valence-electron chi connectivity index (χ0n) is 10.1. The van der Waals surface area contributed by atoms with Gasteiger partial charge in [0.2, 0.25) is 0 Å². The standard InChI is InChI=1S/C10H17N5O2/c1-3-11-8-6-17-5-7(8)9(16)4-10-12-14-15(2)13-10/h7-8,11H,3-6H2,1-2H3. The third-order valence-electron chi connectivity index (χ3n) is 2.84. The summed E-state index contributed by atoms with van der Waals surface area (Å²) in [5.74, 6) is 0.486. The number of tetrazole rings is 1. The number of likely N-dealkylation sites (N-methyl/N-ethyl adjacent to an activating group) is 1. The summed E-state index contributed by atoms with van der Waals surface area (Å²) in [6, 6.07) is 0.115. The van der Waals surface area contributed by atoms with Gasteiger partial charge in [-0.15, -0.1) is 10.2 Å². The number of ketones is 1. The van der Waals surface area contributed by atoms with Gasteiger partial charge in [0.15, 0.2) is 5.82 Å². The summed E-state index contributed by atoms with van der Waals surface area (Å²) >= 11 is 0. The highest BCUT2D eigenvalue weighted by atomic mass is 16.5. The van der Waals surface area contributed by atoms with Crippen molar-refractivity contribution < 1.29 is 9.53 Å². The lowest BCUT2D eigenvalue weighted by Crippen LogP contribution is -2.39. The van der Waals surface area contributed by atoms with E-state index >= 15 is 0 Å². The van der Waals surface area contributed by atoms with E-state index in [0.717, 1.165) is 6.54 Å². The van der Waals surface area contributed by atoms with Gasteiger partial charge < -0.3 is 10.1 Å². The van der Waals surface area contributed by atoms with E-state index in [0.29, 0.717) is 19.0 Å². The van der Waals surface area contributed by atoms with E-state index < -0.39 is 0 Å². The maximum absolute atomic E-state index is 12.1. The topological polar surface area (TPSA) is 81.9 Å². The molecule has 1 aromatic rings. The molecule has 0 saturated carbocycles. The molecule has 1 fully saturated rings. The molecule has 17 heavy (non-hydrogen) atoms. The summed E-state index contributed by atoms with van der Waals surface area (Å²) in [5.41, 5.74) is 0. The molecule has 0 spiro atoms. The van der Waals surface area contributed by atoms with Crippen molar-refractivity contribution in [2.45, 2.75) is 19.4 Å². The molecule has 1 aliphatic rings. The zero-order valence-corrected chi connectivity index (χ0v) is 10.1. The summed E-state index contributed by atoms with van der Waals surface area (Å²) < 4.78 is 5.34. The van der Waals surface area contributed by atoms with Crippen molar-refractivity contribution in [1.29, 1.82) is 0 Å². The van der Waals surface area contributed by atoms with Gasteiger partial charge >= 0.3 is 0 Å². The Kier molecular flexibility index (Phi) is 3.80. The van der Waals surface area contributed by atoms with E-state index in [1.165, 1.54) is 4.80 Å². The van der Waals surface area contributed by atoms with Crippen LogP contribution in [0.2, 0.25) is 0 Å². The summed E-state index contributed by atoms with van der Waals surface area (Å²) in [4.78, 5) is 13.4. The summed E-state index contributed by atoms with van der Waals surface area (Å²) in [5, 5.41) is 14.8. The van der Waals surface area contributed by atoms with Crippen LogP contribution in [0.1, 0.15) is 12.7 Å². The van der Waals surface area contributed by atoms with Crippen molar-refractivity contribution in [3.05, 3.63) is 5.82 Å². The molecule has 0 amide bonds. The highest BCUT2D eigenvalue weighted by molar-refractivity contribution is 5.83. The molecule has 2 unspecified atom stereocenters. The van der Waals surface area contributed by atoms with Crippen molar-refractivity contribution in [3.63, 3.8) is 0 Å². The minimum absolute atomic E-state index is 0.0984. The SMILES string of the molecule is CCNC1COCC1C(=O)Cc1nnn(C)n1. The van der Waals surface area contributed by atoms with Gasteiger partial charge in [0.05, 0.1) is 32.6 Å². The highest BCUT2D eigenvalue weighted by Gasteiger charge is 2.33. The van der Waals surface area contributed by atoms with Crippen molar-refractivity contribution in [1.82, 2.24) is 25.5 Å². The van der Waals surface area contributed by atoms with Gasteiger partial charge in [-0.2, -0.15) is 4.80 Å². The predicted molar refractivity (Wildman–Crippen MR) is 59.3 cm³/mol. The van der Waals surface area contributed by atoms with Crippen LogP contribution in [-0.2, 0) is 23.0 Å². The smallest absolute Gasteiger partial charge is 0.182 e. The number of aryl methyl sites for hydroxylation is 1. The van der Waals surface area contributed by atoms with Gasteiger partial charge in [-0.25, -0.2) is 0 Å². The lowest BCUT2D eigenvalue weighted by molar-refractivity contribution is -0.122. The van der Waals surface area contributed by atoms with Crippen molar-refractivity contribution in [3.8, 4) is 0 Å². The molecule has 2 atom stereocenters. The number of ether oxygens (including phenoxy) is 1. The minimum Gasteiger partial charge on any atom is -0.379 e. The van der Waals surface area contributed by atoms with Crippen LogP contribution in [0, 0.1) is 5.92 Å². The van der Waals surface area contributed by atoms with Gasteiger partial charge in [0, 0.05) is 6.04 Å². The molecule has 1 N–H and O–H groups in total.